The highest BCUT2D eigenvalue weighted by Gasteiger charge is 2.68. The fourth-order valence-corrected chi connectivity index (χ4v) is 7.26. The maximum atomic E-state index is 14.2. The van der Waals surface area contributed by atoms with Crippen molar-refractivity contribution < 1.29 is 28.4 Å². The Morgan fingerprint density at radius 1 is 1.02 bits per heavy atom. The average molecular weight is 579 g/mol. The maximum absolute atomic E-state index is 14.2. The highest BCUT2D eigenvalue weighted by Crippen LogP contribution is 2.65. The number of rotatable bonds is 10. The van der Waals surface area contributed by atoms with Gasteiger partial charge in [0.25, 0.3) is 5.91 Å². The summed E-state index contributed by atoms with van der Waals surface area (Å²) in [4.78, 5) is 26.7. The Balaban J connectivity index is 1.27. The molecule has 226 valence electrons. The zero-order valence-corrected chi connectivity index (χ0v) is 25.5. The third-order valence-corrected chi connectivity index (χ3v) is 10.1. The van der Waals surface area contributed by atoms with Crippen molar-refractivity contribution in [2.24, 2.45) is 23.2 Å². The quantitative estimate of drug-likeness (QED) is 0.339. The number of nitrogens with one attached hydrogen (secondary N) is 2. The minimum absolute atomic E-state index is 0.0164. The summed E-state index contributed by atoms with van der Waals surface area (Å²) in [6, 6.07) is 11.7. The summed E-state index contributed by atoms with van der Waals surface area (Å²) >= 11 is 0. The molecule has 9 heteroatoms. The van der Waals surface area contributed by atoms with Crippen LogP contribution in [0.2, 0.25) is 0 Å². The van der Waals surface area contributed by atoms with Crippen LogP contribution in [-0.2, 0) is 14.1 Å². The molecule has 1 saturated heterocycles. The molecule has 0 radical (unpaired) electrons. The molecule has 1 aliphatic heterocycles. The van der Waals surface area contributed by atoms with E-state index in [-0.39, 0.29) is 17.3 Å². The van der Waals surface area contributed by atoms with E-state index in [2.05, 4.69) is 45.3 Å². The molecule has 2 bridgehead atoms. The van der Waals surface area contributed by atoms with E-state index in [9.17, 15) is 19.1 Å². The Morgan fingerprint density at radius 2 is 1.71 bits per heavy atom. The molecule has 4 fully saturated rings. The Bertz CT molecular complexity index is 1300. The van der Waals surface area contributed by atoms with Crippen molar-refractivity contribution in [2.75, 3.05) is 0 Å². The fraction of sp³-hybridized carbons (Fsp3) is 0.576. The summed E-state index contributed by atoms with van der Waals surface area (Å²) in [5.74, 6) is -0.361. The molecule has 6 rings (SSSR count). The van der Waals surface area contributed by atoms with E-state index in [4.69, 9.17) is 9.31 Å². The van der Waals surface area contributed by atoms with Crippen molar-refractivity contribution >= 4 is 18.9 Å². The van der Waals surface area contributed by atoms with Crippen molar-refractivity contribution in [3.05, 3.63) is 59.9 Å². The molecule has 3 aliphatic carbocycles. The first-order chi connectivity index (χ1) is 19.8. The van der Waals surface area contributed by atoms with Gasteiger partial charge >= 0.3 is 7.12 Å². The van der Waals surface area contributed by atoms with Crippen LogP contribution in [0.3, 0.4) is 0 Å². The van der Waals surface area contributed by atoms with Gasteiger partial charge in [-0.25, -0.2) is 4.39 Å². The van der Waals surface area contributed by atoms with E-state index >= 15 is 0 Å². The molecule has 4 aliphatic rings. The lowest BCUT2D eigenvalue weighted by Crippen LogP contribution is -2.65. The number of halogens is 1. The van der Waals surface area contributed by atoms with Gasteiger partial charge in [0.1, 0.15) is 11.9 Å². The Morgan fingerprint density at radius 3 is 2.33 bits per heavy atom. The molecule has 3 saturated carbocycles. The third kappa shape index (κ3) is 5.75. The van der Waals surface area contributed by atoms with Crippen molar-refractivity contribution in [1.29, 1.82) is 0 Å². The average Bonchev–Trinajstić information content (AvgIpc) is 3.30. The van der Waals surface area contributed by atoms with Crippen LogP contribution >= 0.6 is 0 Å². The predicted octanol–water partition coefficient (Wildman–Crippen LogP) is 5.16. The number of hydrogen-bond acceptors (Lipinski definition) is 5. The van der Waals surface area contributed by atoms with E-state index in [1.54, 1.807) is 42.5 Å². The highest BCUT2D eigenvalue weighted by atomic mass is 19.1. The van der Waals surface area contributed by atoms with Crippen LogP contribution in [0.4, 0.5) is 4.39 Å². The predicted molar refractivity (Wildman–Crippen MR) is 161 cm³/mol. The monoisotopic (exact) mass is 578 g/mol. The first-order valence-electron chi connectivity index (χ1n) is 15.3. The molecule has 2 amide bonds. The van der Waals surface area contributed by atoms with E-state index in [1.165, 1.54) is 13.0 Å². The van der Waals surface area contributed by atoms with Crippen LogP contribution in [0, 0.1) is 29.0 Å². The van der Waals surface area contributed by atoms with Gasteiger partial charge in [-0.2, -0.15) is 0 Å². The van der Waals surface area contributed by atoms with Gasteiger partial charge in [-0.05, 0) is 86.5 Å². The lowest BCUT2D eigenvalue weighted by molar-refractivity contribution is -0.199. The lowest BCUT2D eigenvalue weighted by Gasteiger charge is -2.64. The van der Waals surface area contributed by atoms with Gasteiger partial charge in [-0.15, -0.1) is 0 Å². The summed E-state index contributed by atoms with van der Waals surface area (Å²) in [6.07, 6.45) is 2.42. The molecular weight excluding hydrogens is 534 g/mol. The van der Waals surface area contributed by atoms with Gasteiger partial charge in [0.2, 0.25) is 5.91 Å². The Hall–Kier alpha value is -2.75. The van der Waals surface area contributed by atoms with Gasteiger partial charge < -0.3 is 25.0 Å². The summed E-state index contributed by atoms with van der Waals surface area (Å²) < 4.78 is 27.4. The first-order valence-corrected chi connectivity index (χ1v) is 15.3. The molecule has 2 aromatic carbocycles. The summed E-state index contributed by atoms with van der Waals surface area (Å²) in [5, 5.41) is 16.3. The maximum Gasteiger partial charge on any atom is 0.481 e. The minimum atomic E-state index is -1.18. The van der Waals surface area contributed by atoms with Gasteiger partial charge in [0.15, 0.2) is 0 Å². The number of hydrogen-bond donors (Lipinski definition) is 3. The van der Waals surface area contributed by atoms with Crippen LogP contribution in [0.1, 0.15) is 77.6 Å². The highest BCUT2D eigenvalue weighted by molar-refractivity contribution is 6.48. The molecule has 7 atom stereocenters. The van der Waals surface area contributed by atoms with Crippen LogP contribution in [-0.4, -0.2) is 53.8 Å². The molecule has 0 spiro atoms. The zero-order chi connectivity index (χ0) is 30.4. The topological polar surface area (TPSA) is 96.9 Å². The smallest absolute Gasteiger partial charge is 0.404 e. The van der Waals surface area contributed by atoms with Crippen molar-refractivity contribution in [1.82, 2.24) is 10.6 Å². The second-order valence-corrected chi connectivity index (χ2v) is 13.7. The van der Waals surface area contributed by atoms with Gasteiger partial charge in [0.05, 0.1) is 23.8 Å². The van der Waals surface area contributed by atoms with Crippen molar-refractivity contribution in [2.45, 2.75) is 97.0 Å². The number of carbonyl (C=O) groups excluding carboxylic acids is 2. The Kier molecular flexibility index (Phi) is 8.58. The van der Waals surface area contributed by atoms with E-state index in [0.717, 1.165) is 19.3 Å². The third-order valence-electron chi connectivity index (χ3n) is 10.1. The summed E-state index contributed by atoms with van der Waals surface area (Å²) in [5.41, 5.74) is 1.16. The van der Waals surface area contributed by atoms with Crippen LogP contribution in [0.25, 0.3) is 11.1 Å². The van der Waals surface area contributed by atoms with Crippen LogP contribution < -0.4 is 10.6 Å². The molecule has 0 unspecified atom stereocenters. The second kappa shape index (κ2) is 11.7. The molecule has 0 aromatic heterocycles. The van der Waals surface area contributed by atoms with Gasteiger partial charge in [-0.3, -0.25) is 9.59 Å². The van der Waals surface area contributed by atoms with Crippen LogP contribution in [0.5, 0.6) is 0 Å². The summed E-state index contributed by atoms with van der Waals surface area (Å²) in [7, 11) is -0.603. The number of carbonyl (C=O) groups is 2. The van der Waals surface area contributed by atoms with E-state index < -0.39 is 42.6 Å². The van der Waals surface area contributed by atoms with Crippen molar-refractivity contribution in [3.8, 4) is 11.1 Å². The molecule has 42 heavy (non-hydrogen) atoms. The number of benzene rings is 2. The molecular formula is C33H44BFN2O5. The van der Waals surface area contributed by atoms with Gasteiger partial charge in [-0.1, -0.05) is 58.0 Å². The number of amides is 2. The standard InChI is InChI=1S/C33H44BFN2O5/c1-19(2)11-16-28(34-41-27-18-23-17-26(32(23,4)5)33(27,6)42-34)36-31(40)29(20(3)38)37-30(39)22-14-12-21(13-15-22)24-9-7-8-10-25(24)35/h7-10,12-15,19-20,23,26-29,38H,11,16-18H2,1-6H3,(H,36,40)(H,37,39)/t20-,23+,26+,27-,28+,29+,33+/m1/s1. The SMILES string of the molecule is CC(C)CC[C@H](NC(=O)[C@@H](NC(=O)c1ccc(-c2ccccc2F)cc1)[C@@H](C)O)B1O[C@@H]2C[C@@H]3C[C@@H](C3(C)C)[C@]2(C)O1. The first kappa shape index (κ1) is 30.7. The molecule has 1 heterocycles. The molecule has 2 aromatic rings. The molecule has 3 N–H and O–H groups in total. The zero-order valence-electron chi connectivity index (χ0n) is 25.5. The number of aliphatic hydroxyl groups is 1. The Labute approximate surface area is 249 Å². The van der Waals surface area contributed by atoms with Gasteiger partial charge in [0, 0.05) is 11.1 Å². The fourth-order valence-electron chi connectivity index (χ4n) is 7.26. The van der Waals surface area contributed by atoms with Crippen LogP contribution in [0.15, 0.2) is 48.5 Å². The van der Waals surface area contributed by atoms with E-state index in [1.807, 2.05) is 0 Å². The largest absolute Gasteiger partial charge is 0.481 e. The van der Waals surface area contributed by atoms with Crippen molar-refractivity contribution in [3.63, 3.8) is 0 Å². The van der Waals surface area contributed by atoms with E-state index in [0.29, 0.717) is 40.9 Å². The summed E-state index contributed by atoms with van der Waals surface area (Å²) in [6.45, 7) is 12.5. The lowest BCUT2D eigenvalue weighted by atomic mass is 9.43. The second-order valence-electron chi connectivity index (χ2n) is 13.7. The minimum Gasteiger partial charge on any atom is -0.404 e. The number of aliphatic hydroxyl groups excluding tert-OH is 1. The normalized spacial score (nSPS) is 27.9. The molecule has 7 nitrogen and oxygen atoms in total.